The van der Waals surface area contributed by atoms with Gasteiger partial charge in [-0.3, -0.25) is 9.59 Å². The highest BCUT2D eigenvalue weighted by atomic mass is 16.6. The number of aliphatic hydroxyl groups excluding tert-OH is 2. The molecule has 1 spiro atoms. The van der Waals surface area contributed by atoms with Gasteiger partial charge in [0, 0.05) is 29.7 Å². The van der Waals surface area contributed by atoms with E-state index >= 15 is 0 Å². The fourth-order valence-electron chi connectivity index (χ4n) is 9.10. The van der Waals surface area contributed by atoms with E-state index in [1.54, 1.807) is 20.8 Å². The van der Waals surface area contributed by atoms with E-state index in [0.717, 1.165) is 20.0 Å². The highest BCUT2D eigenvalue weighted by Gasteiger charge is 2.85. The molecule has 2 N–H and O–H groups in total. The molecule has 2 bridgehead atoms. The summed E-state index contributed by atoms with van der Waals surface area (Å²) >= 11 is 0. The number of hydrogen-bond donors (Lipinski definition) is 2. The second kappa shape index (κ2) is 9.97. The molecule has 43 heavy (non-hydrogen) atoms. The molecule has 10 atom stereocenters. The SMILES string of the molecule is COC(=O)[C@@]12OC[C@]34C([C@@H](O)[C@@H]1O)[C@@]1(C)CC(=O)C(OCC(=O)C5CC5)=C(C)[C@@H]1C[C@H]3OC(=O)[C@H](OC(=O)C=C(C)C)[C@@H]24. The molecule has 5 fully saturated rings. The molecule has 4 aliphatic carbocycles. The van der Waals surface area contributed by atoms with Crippen molar-refractivity contribution >= 4 is 29.5 Å². The Morgan fingerprint density at radius 1 is 1.12 bits per heavy atom. The van der Waals surface area contributed by atoms with Gasteiger partial charge >= 0.3 is 17.9 Å². The second-order valence-electron chi connectivity index (χ2n) is 13.5. The first-order valence-electron chi connectivity index (χ1n) is 14.8. The largest absolute Gasteiger partial charge is 0.482 e. The van der Waals surface area contributed by atoms with E-state index in [9.17, 15) is 34.2 Å². The van der Waals surface area contributed by atoms with Crippen LogP contribution in [-0.2, 0) is 47.7 Å². The van der Waals surface area contributed by atoms with Gasteiger partial charge in [-0.25, -0.2) is 14.4 Å². The summed E-state index contributed by atoms with van der Waals surface area (Å²) in [5, 5.41) is 23.6. The molecule has 0 aromatic carbocycles. The summed E-state index contributed by atoms with van der Waals surface area (Å²) in [6.45, 7) is 6.47. The zero-order valence-electron chi connectivity index (χ0n) is 24.9. The topological polar surface area (TPSA) is 172 Å². The number of allylic oxidation sites excluding steroid dienone is 3. The number of ketones is 2. The summed E-state index contributed by atoms with van der Waals surface area (Å²) in [6, 6.07) is 0. The average molecular weight is 603 g/mol. The number of rotatable bonds is 7. The van der Waals surface area contributed by atoms with Crippen molar-refractivity contribution in [2.24, 2.45) is 34.5 Å². The Balaban J connectivity index is 1.47. The standard InChI is InChI=1S/C31H38O12/c1-13(2)8-20(34)43-23-25-30-12-41-31(25,28(38)39-5)26(36)21(35)24(30)29(4)10-17(32)22(40-11-18(33)15-6-7-15)14(3)16(29)9-19(30)42-27(23)37/h8,15-16,19,21,23-26,35-36H,6-7,9-12H2,1-5H3/t16-,19+,21+,23+,24?,25+,26-,29-,30+,31-/m0/s1. The molecule has 12 nitrogen and oxygen atoms in total. The zero-order chi connectivity index (χ0) is 31.2. The summed E-state index contributed by atoms with van der Waals surface area (Å²) in [4.78, 5) is 65.9. The highest BCUT2D eigenvalue weighted by Crippen LogP contribution is 2.72. The quantitative estimate of drug-likeness (QED) is 0.241. The molecule has 2 heterocycles. The smallest absolute Gasteiger partial charge is 0.348 e. The van der Waals surface area contributed by atoms with Crippen LogP contribution < -0.4 is 0 Å². The van der Waals surface area contributed by atoms with E-state index in [0.29, 0.717) is 11.1 Å². The molecular weight excluding hydrogens is 564 g/mol. The third kappa shape index (κ3) is 4.01. The van der Waals surface area contributed by atoms with Gasteiger partial charge in [0.1, 0.15) is 18.8 Å². The van der Waals surface area contributed by atoms with Gasteiger partial charge in [0.15, 0.2) is 17.3 Å². The third-order valence-corrected chi connectivity index (χ3v) is 10.9. The predicted octanol–water partition coefficient (Wildman–Crippen LogP) is 0.955. The molecule has 0 amide bonds. The molecule has 12 heteroatoms. The second-order valence-corrected chi connectivity index (χ2v) is 13.5. The minimum absolute atomic E-state index is 0.0342. The van der Waals surface area contributed by atoms with E-state index in [1.165, 1.54) is 6.08 Å². The molecule has 1 unspecified atom stereocenters. The number of Topliss-reactive ketones (excluding diaryl/α,β-unsaturated/α-hetero) is 2. The van der Waals surface area contributed by atoms with Crippen LogP contribution in [0.15, 0.2) is 23.0 Å². The first kappa shape index (κ1) is 30.0. The van der Waals surface area contributed by atoms with Crippen LogP contribution in [-0.4, -0.2) is 90.0 Å². The lowest BCUT2D eigenvalue weighted by Crippen LogP contribution is -2.79. The van der Waals surface area contributed by atoms with E-state index < -0.39 is 76.5 Å². The van der Waals surface area contributed by atoms with E-state index in [-0.39, 0.29) is 49.3 Å². The molecule has 0 aromatic heterocycles. The van der Waals surface area contributed by atoms with Gasteiger partial charge in [-0.05, 0) is 56.9 Å². The van der Waals surface area contributed by atoms with Crippen LogP contribution in [0.5, 0.6) is 0 Å². The summed E-state index contributed by atoms with van der Waals surface area (Å²) < 4.78 is 28.6. The molecule has 234 valence electrons. The fourth-order valence-corrected chi connectivity index (χ4v) is 9.10. The van der Waals surface area contributed by atoms with Crippen LogP contribution in [0.25, 0.3) is 0 Å². The Bertz CT molecular complexity index is 1360. The van der Waals surface area contributed by atoms with E-state index in [4.69, 9.17) is 23.7 Å². The number of hydrogen-bond acceptors (Lipinski definition) is 12. The van der Waals surface area contributed by atoms with Crippen LogP contribution in [0, 0.1) is 34.5 Å². The summed E-state index contributed by atoms with van der Waals surface area (Å²) in [7, 11) is 1.10. The van der Waals surface area contributed by atoms with Crippen molar-refractivity contribution < 1.29 is 57.9 Å². The van der Waals surface area contributed by atoms with Crippen molar-refractivity contribution in [3.63, 3.8) is 0 Å². The third-order valence-electron chi connectivity index (χ3n) is 10.9. The molecule has 2 saturated heterocycles. The number of methoxy groups -OCH3 is 1. The molecule has 6 aliphatic rings. The van der Waals surface area contributed by atoms with Crippen LogP contribution in [0.3, 0.4) is 0 Å². The predicted molar refractivity (Wildman–Crippen MR) is 144 cm³/mol. The van der Waals surface area contributed by atoms with Crippen molar-refractivity contribution in [3.05, 3.63) is 23.0 Å². The molecule has 6 rings (SSSR count). The Kier molecular flexibility index (Phi) is 6.94. The lowest BCUT2D eigenvalue weighted by atomic mass is 9.38. The Morgan fingerprint density at radius 2 is 1.81 bits per heavy atom. The van der Waals surface area contributed by atoms with Crippen molar-refractivity contribution in [1.29, 1.82) is 0 Å². The van der Waals surface area contributed by atoms with Gasteiger partial charge in [0.25, 0.3) is 0 Å². The van der Waals surface area contributed by atoms with Crippen molar-refractivity contribution in [2.45, 2.75) is 83.4 Å². The number of fused-ring (bicyclic) bond motifs is 2. The maximum Gasteiger partial charge on any atom is 0.348 e. The van der Waals surface area contributed by atoms with Crippen LogP contribution in [0.1, 0.15) is 53.4 Å². The number of carbonyl (C=O) groups is 5. The van der Waals surface area contributed by atoms with Gasteiger partial charge in [-0.15, -0.1) is 0 Å². The van der Waals surface area contributed by atoms with E-state index in [2.05, 4.69) is 0 Å². The molecular formula is C31H38O12. The first-order chi connectivity index (χ1) is 20.2. The molecule has 0 aromatic rings. The summed E-state index contributed by atoms with van der Waals surface area (Å²) in [5.74, 6) is -5.79. The maximum atomic E-state index is 13.7. The van der Waals surface area contributed by atoms with Crippen LogP contribution >= 0.6 is 0 Å². The Labute approximate surface area is 248 Å². The molecule has 2 aliphatic heterocycles. The van der Waals surface area contributed by atoms with Gasteiger partial charge < -0.3 is 33.9 Å². The lowest BCUT2D eigenvalue weighted by molar-refractivity contribution is -0.290. The number of esters is 3. The summed E-state index contributed by atoms with van der Waals surface area (Å²) in [6.07, 6.45) is -3.16. The van der Waals surface area contributed by atoms with Crippen molar-refractivity contribution in [3.8, 4) is 0 Å². The average Bonchev–Trinajstić information content (AvgIpc) is 3.74. The normalized spacial score (nSPS) is 42.7. The minimum atomic E-state index is -2.23. The highest BCUT2D eigenvalue weighted by molar-refractivity contribution is 5.97. The number of aliphatic hydroxyl groups is 2. The van der Waals surface area contributed by atoms with Gasteiger partial charge in [-0.2, -0.15) is 0 Å². The molecule has 0 radical (unpaired) electrons. The van der Waals surface area contributed by atoms with Crippen LogP contribution in [0.2, 0.25) is 0 Å². The summed E-state index contributed by atoms with van der Waals surface area (Å²) in [5.41, 5.74) is -3.40. The Hall–Kier alpha value is -3.09. The number of ether oxygens (including phenoxy) is 5. The lowest BCUT2D eigenvalue weighted by Gasteiger charge is -2.67. The Morgan fingerprint density at radius 3 is 2.44 bits per heavy atom. The van der Waals surface area contributed by atoms with Gasteiger partial charge in [0.2, 0.25) is 11.7 Å². The monoisotopic (exact) mass is 602 g/mol. The van der Waals surface area contributed by atoms with Crippen LogP contribution in [0.4, 0.5) is 0 Å². The minimum Gasteiger partial charge on any atom is -0.482 e. The van der Waals surface area contributed by atoms with Gasteiger partial charge in [0.05, 0.1) is 25.7 Å². The first-order valence-corrected chi connectivity index (χ1v) is 14.8. The maximum absolute atomic E-state index is 13.7. The number of carbonyl (C=O) groups excluding carboxylic acids is 5. The van der Waals surface area contributed by atoms with Gasteiger partial charge in [-0.1, -0.05) is 12.5 Å². The van der Waals surface area contributed by atoms with E-state index in [1.807, 2.05) is 6.92 Å². The van der Waals surface area contributed by atoms with Crippen molar-refractivity contribution in [2.75, 3.05) is 20.3 Å². The van der Waals surface area contributed by atoms with Crippen molar-refractivity contribution in [1.82, 2.24) is 0 Å². The fraction of sp³-hybridized carbons (Fsp3) is 0.710. The zero-order valence-corrected chi connectivity index (χ0v) is 24.9. The molecule has 3 saturated carbocycles.